The number of carbonyl (C=O) groups is 1. The molecule has 2 aromatic heterocycles. The molecule has 23 heavy (non-hydrogen) atoms. The maximum Gasteiger partial charge on any atom is 0.265 e. The van der Waals surface area contributed by atoms with E-state index in [1.54, 1.807) is 12.4 Å². The van der Waals surface area contributed by atoms with Crippen LogP contribution in [0.25, 0.3) is 0 Å². The van der Waals surface area contributed by atoms with Gasteiger partial charge in [0, 0.05) is 37.8 Å². The lowest BCUT2D eigenvalue weighted by Crippen LogP contribution is -2.48. The summed E-state index contributed by atoms with van der Waals surface area (Å²) in [4.78, 5) is 26.3. The highest BCUT2D eigenvalue weighted by Gasteiger charge is 2.26. The predicted octanol–water partition coefficient (Wildman–Crippen LogP) is 2.80. The zero-order chi connectivity index (χ0) is 16.4. The van der Waals surface area contributed by atoms with Gasteiger partial charge >= 0.3 is 0 Å². The smallest absolute Gasteiger partial charge is 0.265 e. The predicted molar refractivity (Wildman–Crippen MR) is 93.2 cm³/mol. The van der Waals surface area contributed by atoms with E-state index in [2.05, 4.69) is 35.6 Å². The van der Waals surface area contributed by atoms with Gasteiger partial charge in [0.2, 0.25) is 0 Å². The first-order chi connectivity index (χ1) is 10.9. The quantitative estimate of drug-likeness (QED) is 0.849. The number of thiazole rings is 1. The highest BCUT2D eigenvalue weighted by atomic mass is 32.1. The number of piperazine rings is 1. The lowest BCUT2D eigenvalue weighted by Gasteiger charge is -2.35. The second-order valence-corrected chi connectivity index (χ2v) is 7.78. The first-order valence-corrected chi connectivity index (χ1v) is 8.68. The van der Waals surface area contributed by atoms with Crippen LogP contribution in [0.5, 0.6) is 0 Å². The van der Waals surface area contributed by atoms with Crippen molar-refractivity contribution < 1.29 is 4.79 Å². The third-order valence-corrected chi connectivity index (χ3v) is 5.31. The van der Waals surface area contributed by atoms with E-state index in [-0.39, 0.29) is 11.3 Å². The molecular weight excluding hydrogens is 308 g/mol. The standard InChI is InChI=1S/C17H22N4OS/c1-17(2,3)16-19-12-13(23-16)15(22)21-10-8-20(9-11-21)14-6-4-5-7-18-14/h4-7,12H,8-11H2,1-3H3. The molecule has 1 fully saturated rings. The molecule has 0 spiro atoms. The number of hydrogen-bond acceptors (Lipinski definition) is 5. The van der Waals surface area contributed by atoms with E-state index in [9.17, 15) is 4.79 Å². The molecule has 1 aliphatic rings. The van der Waals surface area contributed by atoms with E-state index in [0.717, 1.165) is 41.9 Å². The number of carbonyl (C=O) groups excluding carboxylic acids is 1. The topological polar surface area (TPSA) is 49.3 Å². The van der Waals surface area contributed by atoms with Gasteiger partial charge in [0.15, 0.2) is 0 Å². The van der Waals surface area contributed by atoms with Gasteiger partial charge in [0.1, 0.15) is 10.7 Å². The first kappa shape index (κ1) is 15.9. The molecule has 0 radical (unpaired) electrons. The molecule has 0 atom stereocenters. The van der Waals surface area contributed by atoms with Gasteiger partial charge in [0.05, 0.1) is 11.2 Å². The largest absolute Gasteiger partial charge is 0.353 e. The number of amides is 1. The Morgan fingerprint density at radius 1 is 1.13 bits per heavy atom. The van der Waals surface area contributed by atoms with Crippen LogP contribution in [0.1, 0.15) is 35.5 Å². The van der Waals surface area contributed by atoms with Crippen molar-refractivity contribution in [2.45, 2.75) is 26.2 Å². The number of aromatic nitrogens is 2. The summed E-state index contributed by atoms with van der Waals surface area (Å²) in [5.41, 5.74) is -0.0130. The van der Waals surface area contributed by atoms with E-state index in [1.165, 1.54) is 11.3 Å². The van der Waals surface area contributed by atoms with Gasteiger partial charge in [-0.2, -0.15) is 0 Å². The molecule has 0 N–H and O–H groups in total. The summed E-state index contributed by atoms with van der Waals surface area (Å²) in [6.07, 6.45) is 3.52. The van der Waals surface area contributed by atoms with Crippen molar-refractivity contribution in [1.29, 1.82) is 0 Å². The van der Waals surface area contributed by atoms with Crippen LogP contribution >= 0.6 is 11.3 Å². The Morgan fingerprint density at radius 2 is 1.87 bits per heavy atom. The van der Waals surface area contributed by atoms with Crippen LogP contribution in [0.15, 0.2) is 30.6 Å². The van der Waals surface area contributed by atoms with Gasteiger partial charge in [-0.25, -0.2) is 9.97 Å². The third-order valence-electron chi connectivity index (χ3n) is 3.90. The van der Waals surface area contributed by atoms with Crippen molar-refractivity contribution in [3.63, 3.8) is 0 Å². The molecule has 2 aromatic rings. The summed E-state index contributed by atoms with van der Waals surface area (Å²) in [5, 5.41) is 1.01. The molecular formula is C17H22N4OS. The summed E-state index contributed by atoms with van der Waals surface area (Å²) < 4.78 is 0. The van der Waals surface area contributed by atoms with Crippen LogP contribution in [0, 0.1) is 0 Å². The van der Waals surface area contributed by atoms with Gasteiger partial charge < -0.3 is 9.80 Å². The fourth-order valence-electron chi connectivity index (χ4n) is 2.56. The minimum Gasteiger partial charge on any atom is -0.353 e. The fraction of sp³-hybridized carbons (Fsp3) is 0.471. The Morgan fingerprint density at radius 3 is 2.43 bits per heavy atom. The van der Waals surface area contributed by atoms with Gasteiger partial charge in [-0.1, -0.05) is 26.8 Å². The molecule has 6 heteroatoms. The highest BCUT2D eigenvalue weighted by molar-refractivity contribution is 7.13. The summed E-state index contributed by atoms with van der Waals surface area (Å²) in [6.45, 7) is 9.42. The minimum absolute atomic E-state index is 0.0130. The molecule has 0 unspecified atom stereocenters. The highest BCUT2D eigenvalue weighted by Crippen LogP contribution is 2.27. The molecule has 0 bridgehead atoms. The maximum atomic E-state index is 12.6. The van der Waals surface area contributed by atoms with E-state index in [0.29, 0.717) is 0 Å². The molecule has 0 aliphatic carbocycles. The number of hydrogen-bond donors (Lipinski definition) is 0. The second-order valence-electron chi connectivity index (χ2n) is 6.75. The van der Waals surface area contributed by atoms with Crippen LogP contribution in [-0.4, -0.2) is 47.0 Å². The van der Waals surface area contributed by atoms with Crippen LogP contribution in [0.2, 0.25) is 0 Å². The second kappa shape index (κ2) is 6.28. The molecule has 3 rings (SSSR count). The van der Waals surface area contributed by atoms with E-state index >= 15 is 0 Å². The summed E-state index contributed by atoms with van der Waals surface area (Å²) in [6, 6.07) is 5.92. The zero-order valence-corrected chi connectivity index (χ0v) is 14.6. The van der Waals surface area contributed by atoms with Crippen molar-refractivity contribution >= 4 is 23.1 Å². The molecule has 3 heterocycles. The maximum absolute atomic E-state index is 12.6. The molecule has 1 amide bonds. The van der Waals surface area contributed by atoms with Gasteiger partial charge in [-0.3, -0.25) is 4.79 Å². The number of rotatable bonds is 2. The van der Waals surface area contributed by atoms with E-state index in [1.807, 2.05) is 23.1 Å². The van der Waals surface area contributed by atoms with Crippen molar-refractivity contribution in [3.8, 4) is 0 Å². The average Bonchev–Trinajstić information content (AvgIpc) is 3.05. The van der Waals surface area contributed by atoms with E-state index < -0.39 is 0 Å². The average molecular weight is 330 g/mol. The SMILES string of the molecule is CC(C)(C)c1ncc(C(=O)N2CCN(c3ccccn3)CC2)s1. The van der Waals surface area contributed by atoms with E-state index in [4.69, 9.17) is 0 Å². The Kier molecular flexibility index (Phi) is 4.35. The van der Waals surface area contributed by atoms with Crippen LogP contribution < -0.4 is 4.90 Å². The molecule has 1 aliphatic heterocycles. The zero-order valence-electron chi connectivity index (χ0n) is 13.8. The van der Waals surface area contributed by atoms with Crippen molar-refractivity contribution in [3.05, 3.63) is 40.5 Å². The first-order valence-electron chi connectivity index (χ1n) is 7.87. The summed E-state index contributed by atoms with van der Waals surface area (Å²) >= 11 is 1.51. The Hall–Kier alpha value is -1.95. The van der Waals surface area contributed by atoms with Crippen molar-refractivity contribution in [2.75, 3.05) is 31.1 Å². The third kappa shape index (κ3) is 3.52. The minimum atomic E-state index is -0.0130. The fourth-order valence-corrected chi connectivity index (χ4v) is 3.50. The van der Waals surface area contributed by atoms with Gasteiger partial charge in [-0.05, 0) is 12.1 Å². The van der Waals surface area contributed by atoms with Gasteiger partial charge in [-0.15, -0.1) is 11.3 Å². The van der Waals surface area contributed by atoms with Crippen molar-refractivity contribution in [2.24, 2.45) is 0 Å². The summed E-state index contributed by atoms with van der Waals surface area (Å²) in [5.74, 6) is 1.08. The van der Waals surface area contributed by atoms with Crippen molar-refractivity contribution in [1.82, 2.24) is 14.9 Å². The molecule has 122 valence electrons. The number of pyridine rings is 1. The Bertz CT molecular complexity index is 669. The Balaban J connectivity index is 1.63. The molecule has 0 saturated carbocycles. The lowest BCUT2D eigenvalue weighted by molar-refractivity contribution is 0.0751. The summed E-state index contributed by atoms with van der Waals surface area (Å²) in [7, 11) is 0. The number of nitrogens with zero attached hydrogens (tertiary/aromatic N) is 4. The molecule has 0 aromatic carbocycles. The monoisotopic (exact) mass is 330 g/mol. The number of anilines is 1. The van der Waals surface area contributed by atoms with Gasteiger partial charge in [0.25, 0.3) is 5.91 Å². The molecule has 1 saturated heterocycles. The van der Waals surface area contributed by atoms with Crippen LogP contribution in [-0.2, 0) is 5.41 Å². The van der Waals surface area contributed by atoms with Crippen LogP contribution in [0.4, 0.5) is 5.82 Å². The normalized spacial score (nSPS) is 15.8. The Labute approximate surface area is 141 Å². The lowest BCUT2D eigenvalue weighted by atomic mass is 9.98. The van der Waals surface area contributed by atoms with Crippen LogP contribution in [0.3, 0.4) is 0 Å². The molecule has 5 nitrogen and oxygen atoms in total.